The van der Waals surface area contributed by atoms with Gasteiger partial charge in [0.25, 0.3) is 0 Å². The zero-order valence-corrected chi connectivity index (χ0v) is 14.7. The third-order valence-corrected chi connectivity index (χ3v) is 5.44. The molecule has 0 unspecified atom stereocenters. The summed E-state index contributed by atoms with van der Waals surface area (Å²) in [6.45, 7) is 3.41. The second-order valence-electron chi connectivity index (χ2n) is 4.49. The molecular weight excluding hydrogens is 364 g/mol. The number of hydrogen-bond donors (Lipinski definition) is 0. The van der Waals surface area contributed by atoms with Crippen LogP contribution in [0.5, 0.6) is 0 Å². The minimum absolute atomic E-state index is 0.127. The molecule has 0 fully saturated rings. The SMILES string of the molecule is CCS(=O)(=O)c1ccc(F)c(F)c1.CCSc1ccc(F)c(F)c1. The highest BCUT2D eigenvalue weighted by molar-refractivity contribution is 7.99. The van der Waals surface area contributed by atoms with E-state index in [0.29, 0.717) is 6.07 Å². The number of thioether (sulfide) groups is 1. The molecule has 0 heterocycles. The summed E-state index contributed by atoms with van der Waals surface area (Å²) in [6, 6.07) is 6.48. The van der Waals surface area contributed by atoms with Crippen LogP contribution in [-0.2, 0) is 9.84 Å². The summed E-state index contributed by atoms with van der Waals surface area (Å²) in [4.78, 5) is 0.584. The van der Waals surface area contributed by atoms with Crippen LogP contribution in [0, 0.1) is 23.3 Å². The molecule has 2 aromatic rings. The van der Waals surface area contributed by atoms with Crippen LogP contribution >= 0.6 is 11.8 Å². The Labute approximate surface area is 142 Å². The first-order chi connectivity index (χ1) is 11.2. The fourth-order valence-corrected chi connectivity index (χ4v) is 3.15. The second kappa shape index (κ2) is 9.08. The van der Waals surface area contributed by atoms with Crippen LogP contribution in [0.1, 0.15) is 13.8 Å². The van der Waals surface area contributed by atoms with E-state index in [9.17, 15) is 26.0 Å². The maximum atomic E-state index is 12.6. The third kappa shape index (κ3) is 5.83. The van der Waals surface area contributed by atoms with Gasteiger partial charge in [0.2, 0.25) is 0 Å². The Morgan fingerprint density at radius 1 is 0.833 bits per heavy atom. The number of benzene rings is 2. The van der Waals surface area contributed by atoms with E-state index >= 15 is 0 Å². The van der Waals surface area contributed by atoms with Gasteiger partial charge < -0.3 is 0 Å². The first-order valence-corrected chi connectivity index (χ1v) is 9.60. The first kappa shape index (κ1) is 20.5. The molecule has 2 rings (SSSR count). The molecule has 24 heavy (non-hydrogen) atoms. The molecule has 0 aromatic heterocycles. The molecule has 0 aliphatic heterocycles. The van der Waals surface area contributed by atoms with Crippen LogP contribution in [-0.4, -0.2) is 19.9 Å². The fraction of sp³-hybridized carbons (Fsp3) is 0.250. The Kier molecular flexibility index (Phi) is 7.75. The summed E-state index contributed by atoms with van der Waals surface area (Å²) >= 11 is 1.49. The van der Waals surface area contributed by atoms with Gasteiger partial charge in [0.15, 0.2) is 33.1 Å². The Morgan fingerprint density at radius 3 is 1.83 bits per heavy atom. The zero-order valence-electron chi connectivity index (χ0n) is 13.0. The van der Waals surface area contributed by atoms with E-state index in [-0.39, 0.29) is 10.6 Å². The fourth-order valence-electron chi connectivity index (χ4n) is 1.57. The maximum absolute atomic E-state index is 12.6. The highest BCUT2D eigenvalue weighted by Crippen LogP contribution is 2.19. The van der Waals surface area contributed by atoms with Gasteiger partial charge in [-0.1, -0.05) is 13.8 Å². The lowest BCUT2D eigenvalue weighted by atomic mass is 10.3. The Bertz CT molecular complexity index is 793. The van der Waals surface area contributed by atoms with Gasteiger partial charge in [-0.25, -0.2) is 26.0 Å². The monoisotopic (exact) mass is 380 g/mol. The van der Waals surface area contributed by atoms with Crippen molar-refractivity contribution in [1.29, 1.82) is 0 Å². The molecule has 2 nitrogen and oxygen atoms in total. The van der Waals surface area contributed by atoms with Crippen molar-refractivity contribution in [3.05, 3.63) is 59.7 Å². The minimum Gasteiger partial charge on any atom is -0.224 e. The lowest BCUT2D eigenvalue weighted by Crippen LogP contribution is -2.04. The standard InChI is InChI=1S/C8H8F2O2S.C8H8F2S/c1-2-13(11,12)6-3-4-7(9)8(10)5-6;1-2-11-6-3-4-7(9)8(10)5-6/h3-5H,2H2,1H3;3-5H,2H2,1H3. The predicted molar refractivity (Wildman–Crippen MR) is 86.8 cm³/mol. The first-order valence-electron chi connectivity index (χ1n) is 6.97. The van der Waals surface area contributed by atoms with Crippen molar-refractivity contribution >= 4 is 21.6 Å². The van der Waals surface area contributed by atoms with Crippen molar-refractivity contribution in [2.24, 2.45) is 0 Å². The van der Waals surface area contributed by atoms with Crippen LogP contribution in [0.15, 0.2) is 46.2 Å². The average Bonchev–Trinajstić information content (AvgIpc) is 2.54. The van der Waals surface area contributed by atoms with Crippen LogP contribution in [0.3, 0.4) is 0 Å². The molecular formula is C16H16F4O2S2. The summed E-state index contributed by atoms with van der Waals surface area (Å²) in [5, 5.41) is 0. The van der Waals surface area contributed by atoms with Gasteiger partial charge in [-0.15, -0.1) is 11.8 Å². The molecule has 0 N–H and O–H groups in total. The molecule has 0 atom stereocenters. The number of halogens is 4. The summed E-state index contributed by atoms with van der Waals surface area (Å²) < 4.78 is 72.2. The normalized spacial score (nSPS) is 10.9. The van der Waals surface area contributed by atoms with Crippen molar-refractivity contribution < 1.29 is 26.0 Å². The number of hydrogen-bond acceptors (Lipinski definition) is 3. The van der Waals surface area contributed by atoms with Crippen LogP contribution in [0.25, 0.3) is 0 Å². The quantitative estimate of drug-likeness (QED) is 0.433. The lowest BCUT2D eigenvalue weighted by molar-refractivity contribution is 0.504. The zero-order chi connectivity index (χ0) is 18.3. The van der Waals surface area contributed by atoms with Crippen LogP contribution < -0.4 is 0 Å². The molecule has 0 amide bonds. The van der Waals surface area contributed by atoms with Crippen LogP contribution in [0.4, 0.5) is 17.6 Å². The van der Waals surface area contributed by atoms with E-state index in [0.717, 1.165) is 28.8 Å². The van der Waals surface area contributed by atoms with E-state index < -0.39 is 33.1 Å². The highest BCUT2D eigenvalue weighted by Gasteiger charge is 2.13. The molecule has 0 aliphatic rings. The second-order valence-corrected chi connectivity index (χ2v) is 8.10. The van der Waals surface area contributed by atoms with Gasteiger partial charge in [-0.3, -0.25) is 0 Å². The minimum atomic E-state index is -3.44. The third-order valence-electron chi connectivity index (χ3n) is 2.83. The predicted octanol–water partition coefficient (Wildman–Crippen LogP) is 4.84. The highest BCUT2D eigenvalue weighted by atomic mass is 32.2. The van der Waals surface area contributed by atoms with Gasteiger partial charge in [-0.05, 0) is 42.2 Å². The van der Waals surface area contributed by atoms with Gasteiger partial charge in [-0.2, -0.15) is 0 Å². The molecule has 8 heteroatoms. The summed E-state index contributed by atoms with van der Waals surface area (Å²) in [5.74, 6) is -3.01. The molecule has 0 radical (unpaired) electrons. The Morgan fingerprint density at radius 2 is 1.38 bits per heavy atom. The van der Waals surface area contributed by atoms with E-state index in [2.05, 4.69) is 0 Å². The Hall–Kier alpha value is -1.54. The number of rotatable bonds is 4. The van der Waals surface area contributed by atoms with Gasteiger partial charge in [0.1, 0.15) is 0 Å². The Balaban J connectivity index is 0.000000243. The topological polar surface area (TPSA) is 34.1 Å². The van der Waals surface area contributed by atoms with E-state index in [1.807, 2.05) is 6.92 Å². The van der Waals surface area contributed by atoms with Gasteiger partial charge in [0.05, 0.1) is 10.6 Å². The van der Waals surface area contributed by atoms with Crippen molar-refractivity contribution in [3.8, 4) is 0 Å². The number of sulfone groups is 1. The van der Waals surface area contributed by atoms with E-state index in [1.54, 1.807) is 6.07 Å². The van der Waals surface area contributed by atoms with Crippen LogP contribution in [0.2, 0.25) is 0 Å². The van der Waals surface area contributed by atoms with Crippen molar-refractivity contribution in [3.63, 3.8) is 0 Å². The average molecular weight is 380 g/mol. The largest absolute Gasteiger partial charge is 0.224 e. The van der Waals surface area contributed by atoms with Crippen molar-refractivity contribution in [2.75, 3.05) is 11.5 Å². The van der Waals surface area contributed by atoms with Crippen molar-refractivity contribution in [2.45, 2.75) is 23.6 Å². The molecule has 0 saturated carbocycles. The smallest absolute Gasteiger partial charge is 0.178 e. The maximum Gasteiger partial charge on any atom is 0.178 e. The van der Waals surface area contributed by atoms with Gasteiger partial charge in [0, 0.05) is 4.90 Å². The molecule has 2 aromatic carbocycles. The van der Waals surface area contributed by atoms with E-state index in [4.69, 9.17) is 0 Å². The van der Waals surface area contributed by atoms with Gasteiger partial charge >= 0.3 is 0 Å². The molecule has 0 aliphatic carbocycles. The molecule has 0 bridgehead atoms. The lowest BCUT2D eigenvalue weighted by Gasteiger charge is -2.00. The summed E-state index contributed by atoms with van der Waals surface area (Å²) in [5.41, 5.74) is 0. The van der Waals surface area contributed by atoms with E-state index in [1.165, 1.54) is 24.8 Å². The molecule has 132 valence electrons. The molecule has 0 spiro atoms. The molecule has 0 saturated heterocycles. The summed E-state index contributed by atoms with van der Waals surface area (Å²) in [6.07, 6.45) is 0. The summed E-state index contributed by atoms with van der Waals surface area (Å²) in [7, 11) is -3.44. The van der Waals surface area contributed by atoms with Crippen molar-refractivity contribution in [1.82, 2.24) is 0 Å².